The molecule has 86 valence electrons. The van der Waals surface area contributed by atoms with Crippen molar-refractivity contribution in [2.45, 2.75) is 25.7 Å². The van der Waals surface area contributed by atoms with Crippen LogP contribution in [0.3, 0.4) is 0 Å². The van der Waals surface area contributed by atoms with Crippen molar-refractivity contribution in [3.8, 4) is 0 Å². The highest BCUT2D eigenvalue weighted by molar-refractivity contribution is 5.79. The van der Waals surface area contributed by atoms with Gasteiger partial charge in [0.25, 0.3) is 0 Å². The van der Waals surface area contributed by atoms with Gasteiger partial charge in [-0.1, -0.05) is 12.8 Å². The first-order chi connectivity index (χ1) is 7.10. The molecule has 1 aliphatic rings. The molecule has 1 fully saturated rings. The van der Waals surface area contributed by atoms with Crippen LogP contribution in [0.15, 0.2) is 0 Å². The third-order valence-electron chi connectivity index (χ3n) is 2.91. The van der Waals surface area contributed by atoms with Crippen LogP contribution in [-0.4, -0.2) is 37.2 Å². The van der Waals surface area contributed by atoms with E-state index in [2.05, 4.69) is 10.1 Å². The normalized spacial score (nSPS) is 18.7. The molecule has 0 saturated heterocycles. The zero-order chi connectivity index (χ0) is 11.3. The fourth-order valence-corrected chi connectivity index (χ4v) is 1.97. The highest BCUT2D eigenvalue weighted by atomic mass is 16.5. The van der Waals surface area contributed by atoms with E-state index in [1.54, 1.807) is 0 Å². The van der Waals surface area contributed by atoms with Crippen LogP contribution in [0.4, 0.5) is 0 Å². The lowest BCUT2D eigenvalue weighted by molar-refractivity contribution is -0.148. The Hall–Kier alpha value is -1.10. The van der Waals surface area contributed by atoms with E-state index in [4.69, 9.17) is 5.11 Å². The van der Waals surface area contributed by atoms with Crippen LogP contribution in [0.25, 0.3) is 0 Å². The molecule has 0 aromatic rings. The average Bonchev–Trinajstić information content (AvgIpc) is 2.65. The number of aliphatic carboxylic acids is 1. The summed E-state index contributed by atoms with van der Waals surface area (Å²) < 4.78 is 4.65. The van der Waals surface area contributed by atoms with Crippen LogP contribution >= 0.6 is 0 Å². The summed E-state index contributed by atoms with van der Waals surface area (Å²) in [5.41, 5.74) is -0.747. The number of carbonyl (C=O) groups is 2. The van der Waals surface area contributed by atoms with Crippen molar-refractivity contribution in [3.05, 3.63) is 0 Å². The molecule has 0 aromatic carbocycles. The van der Waals surface area contributed by atoms with Crippen LogP contribution in [0.1, 0.15) is 25.7 Å². The SMILES string of the molecule is COCC(=O)NCC1(C(=O)O)CCCC1. The molecule has 15 heavy (non-hydrogen) atoms. The van der Waals surface area contributed by atoms with Gasteiger partial charge >= 0.3 is 5.97 Å². The van der Waals surface area contributed by atoms with Crippen LogP contribution in [-0.2, 0) is 14.3 Å². The topological polar surface area (TPSA) is 75.6 Å². The Morgan fingerprint density at radius 3 is 2.47 bits per heavy atom. The van der Waals surface area contributed by atoms with Gasteiger partial charge in [0.1, 0.15) is 6.61 Å². The minimum Gasteiger partial charge on any atom is -0.481 e. The molecule has 5 nitrogen and oxygen atoms in total. The smallest absolute Gasteiger partial charge is 0.311 e. The van der Waals surface area contributed by atoms with Crippen LogP contribution in [0.5, 0.6) is 0 Å². The van der Waals surface area contributed by atoms with E-state index in [0.29, 0.717) is 12.8 Å². The third kappa shape index (κ3) is 2.92. The van der Waals surface area contributed by atoms with E-state index in [-0.39, 0.29) is 19.1 Å². The first kappa shape index (κ1) is 12.0. The summed E-state index contributed by atoms with van der Waals surface area (Å²) in [6, 6.07) is 0. The number of hydrogen-bond donors (Lipinski definition) is 2. The van der Waals surface area contributed by atoms with Gasteiger partial charge in [-0.25, -0.2) is 0 Å². The number of ether oxygens (including phenoxy) is 1. The molecule has 0 aliphatic heterocycles. The van der Waals surface area contributed by atoms with Gasteiger partial charge in [-0.15, -0.1) is 0 Å². The Kier molecular flexibility index (Phi) is 4.08. The lowest BCUT2D eigenvalue weighted by atomic mass is 9.86. The van der Waals surface area contributed by atoms with Crippen molar-refractivity contribution in [2.24, 2.45) is 5.41 Å². The Balaban J connectivity index is 2.46. The molecular formula is C10H17NO4. The van der Waals surface area contributed by atoms with Crippen molar-refractivity contribution >= 4 is 11.9 Å². The molecule has 1 aliphatic carbocycles. The van der Waals surface area contributed by atoms with Gasteiger partial charge in [-0.2, -0.15) is 0 Å². The zero-order valence-electron chi connectivity index (χ0n) is 8.91. The van der Waals surface area contributed by atoms with Crippen molar-refractivity contribution in [1.29, 1.82) is 0 Å². The molecule has 0 unspecified atom stereocenters. The number of carboxylic acids is 1. The molecular weight excluding hydrogens is 198 g/mol. The van der Waals surface area contributed by atoms with E-state index in [1.165, 1.54) is 7.11 Å². The van der Waals surface area contributed by atoms with Gasteiger partial charge in [0.15, 0.2) is 0 Å². The lowest BCUT2D eigenvalue weighted by Crippen LogP contribution is -2.42. The highest BCUT2D eigenvalue weighted by Crippen LogP contribution is 2.37. The summed E-state index contributed by atoms with van der Waals surface area (Å²) in [7, 11) is 1.43. The van der Waals surface area contributed by atoms with Crippen LogP contribution in [0.2, 0.25) is 0 Å². The highest BCUT2D eigenvalue weighted by Gasteiger charge is 2.41. The first-order valence-corrected chi connectivity index (χ1v) is 5.10. The van der Waals surface area contributed by atoms with Crippen molar-refractivity contribution in [2.75, 3.05) is 20.3 Å². The lowest BCUT2D eigenvalue weighted by Gasteiger charge is -2.23. The molecule has 0 atom stereocenters. The zero-order valence-corrected chi connectivity index (χ0v) is 8.91. The summed E-state index contributed by atoms with van der Waals surface area (Å²) in [5, 5.41) is 11.7. The quantitative estimate of drug-likeness (QED) is 0.695. The molecule has 0 aromatic heterocycles. The first-order valence-electron chi connectivity index (χ1n) is 5.10. The summed E-state index contributed by atoms with van der Waals surface area (Å²) in [5.74, 6) is -1.07. The number of rotatable bonds is 5. The minimum atomic E-state index is -0.808. The van der Waals surface area contributed by atoms with Crippen molar-refractivity contribution < 1.29 is 19.4 Å². The summed E-state index contributed by atoms with van der Waals surface area (Å²) >= 11 is 0. The summed E-state index contributed by atoms with van der Waals surface area (Å²) in [6.45, 7) is 0.195. The summed E-state index contributed by atoms with van der Waals surface area (Å²) in [4.78, 5) is 22.2. The maximum absolute atomic E-state index is 11.1. The van der Waals surface area contributed by atoms with Gasteiger partial charge in [0.2, 0.25) is 5.91 Å². The monoisotopic (exact) mass is 215 g/mol. The largest absolute Gasteiger partial charge is 0.481 e. The number of carbonyl (C=O) groups excluding carboxylic acids is 1. The Labute approximate surface area is 88.8 Å². The minimum absolute atomic E-state index is 0.0182. The van der Waals surface area contributed by atoms with E-state index in [1.807, 2.05) is 0 Å². The van der Waals surface area contributed by atoms with E-state index in [0.717, 1.165) is 12.8 Å². The molecule has 0 radical (unpaired) electrons. The molecule has 0 heterocycles. The molecule has 2 N–H and O–H groups in total. The second kappa shape index (κ2) is 5.11. The van der Waals surface area contributed by atoms with Gasteiger partial charge in [0.05, 0.1) is 5.41 Å². The van der Waals surface area contributed by atoms with Crippen molar-refractivity contribution in [3.63, 3.8) is 0 Å². The number of nitrogens with one attached hydrogen (secondary N) is 1. The number of carboxylic acid groups (broad SMARTS) is 1. The fourth-order valence-electron chi connectivity index (χ4n) is 1.97. The molecule has 0 bridgehead atoms. The van der Waals surface area contributed by atoms with E-state index >= 15 is 0 Å². The molecule has 1 rings (SSSR count). The van der Waals surface area contributed by atoms with Gasteiger partial charge in [-0.3, -0.25) is 9.59 Å². The molecule has 1 saturated carbocycles. The van der Waals surface area contributed by atoms with Crippen molar-refractivity contribution in [1.82, 2.24) is 5.32 Å². The standard InChI is InChI=1S/C10H17NO4/c1-15-6-8(12)11-7-10(9(13)14)4-2-3-5-10/h2-7H2,1H3,(H,11,12)(H,13,14). The molecule has 0 spiro atoms. The second-order valence-corrected chi connectivity index (χ2v) is 4.00. The maximum atomic E-state index is 11.1. The molecule has 5 heteroatoms. The summed E-state index contributed by atoms with van der Waals surface area (Å²) in [6.07, 6.45) is 3.14. The van der Waals surface area contributed by atoms with E-state index < -0.39 is 11.4 Å². The Morgan fingerprint density at radius 2 is 2.00 bits per heavy atom. The average molecular weight is 215 g/mol. The predicted octanol–water partition coefficient (Wildman–Crippen LogP) is 0.394. The van der Waals surface area contributed by atoms with Crippen LogP contribution in [0, 0.1) is 5.41 Å². The Bertz CT molecular complexity index is 246. The van der Waals surface area contributed by atoms with Gasteiger partial charge in [-0.05, 0) is 12.8 Å². The third-order valence-corrected chi connectivity index (χ3v) is 2.91. The van der Waals surface area contributed by atoms with Gasteiger partial charge < -0.3 is 15.2 Å². The Morgan fingerprint density at radius 1 is 1.40 bits per heavy atom. The fraction of sp³-hybridized carbons (Fsp3) is 0.800. The number of amides is 1. The van der Waals surface area contributed by atoms with E-state index in [9.17, 15) is 9.59 Å². The predicted molar refractivity (Wildman–Crippen MR) is 53.4 cm³/mol. The number of methoxy groups -OCH3 is 1. The van der Waals surface area contributed by atoms with Gasteiger partial charge in [0, 0.05) is 13.7 Å². The second-order valence-electron chi connectivity index (χ2n) is 4.00. The number of hydrogen-bond acceptors (Lipinski definition) is 3. The molecule has 1 amide bonds. The van der Waals surface area contributed by atoms with Crippen LogP contribution < -0.4 is 5.32 Å². The maximum Gasteiger partial charge on any atom is 0.311 e.